The van der Waals surface area contributed by atoms with E-state index in [0.29, 0.717) is 5.56 Å². The van der Waals surface area contributed by atoms with Crippen LogP contribution in [0.3, 0.4) is 0 Å². The third kappa shape index (κ3) is 2.54. The van der Waals surface area contributed by atoms with Gasteiger partial charge in [0, 0.05) is 21.8 Å². The first-order valence-corrected chi connectivity index (χ1v) is 7.22. The van der Waals surface area contributed by atoms with Crippen molar-refractivity contribution in [1.82, 2.24) is 4.98 Å². The van der Waals surface area contributed by atoms with Crippen LogP contribution in [0.1, 0.15) is 21.7 Å². The summed E-state index contributed by atoms with van der Waals surface area (Å²) in [6.07, 6.45) is 2.04. The molecule has 0 aliphatic carbocycles. The third-order valence-corrected chi connectivity index (χ3v) is 3.89. The monoisotopic (exact) mass is 275 g/mol. The number of methoxy groups -OCH3 is 1. The first kappa shape index (κ1) is 13.7. The van der Waals surface area contributed by atoms with Crippen LogP contribution in [0.5, 0.6) is 0 Å². The van der Waals surface area contributed by atoms with Crippen LogP contribution in [0.4, 0.5) is 0 Å². The predicted octanol–water partition coefficient (Wildman–Crippen LogP) is 3.81. The third-order valence-electron chi connectivity index (χ3n) is 3.14. The van der Waals surface area contributed by atoms with Gasteiger partial charge in [-0.15, -0.1) is 11.8 Å². The summed E-state index contributed by atoms with van der Waals surface area (Å²) in [6.45, 7) is 3.86. The van der Waals surface area contributed by atoms with E-state index in [2.05, 4.69) is 17.1 Å². The van der Waals surface area contributed by atoms with Crippen molar-refractivity contribution in [3.8, 4) is 11.1 Å². The Labute approximate surface area is 117 Å². The Morgan fingerprint density at radius 3 is 2.32 bits per heavy atom. The van der Waals surface area contributed by atoms with Gasteiger partial charge in [-0.05, 0) is 37.8 Å². The zero-order valence-electron chi connectivity index (χ0n) is 11.5. The van der Waals surface area contributed by atoms with E-state index in [1.54, 1.807) is 11.8 Å². The molecule has 0 amide bonds. The van der Waals surface area contributed by atoms with Crippen LogP contribution in [0.25, 0.3) is 11.1 Å². The van der Waals surface area contributed by atoms with Crippen LogP contribution in [0, 0.1) is 13.8 Å². The SMILES string of the molecule is COC(=O)c1c(C)[nH]c(C)c1-c1ccc(SC)cc1. The van der Waals surface area contributed by atoms with Crippen LogP contribution in [0.15, 0.2) is 29.2 Å². The van der Waals surface area contributed by atoms with Gasteiger partial charge in [0.05, 0.1) is 12.7 Å². The van der Waals surface area contributed by atoms with E-state index in [4.69, 9.17) is 4.74 Å². The molecule has 2 aromatic rings. The molecule has 0 spiro atoms. The van der Waals surface area contributed by atoms with Crippen molar-refractivity contribution >= 4 is 17.7 Å². The van der Waals surface area contributed by atoms with E-state index in [1.807, 2.05) is 32.2 Å². The van der Waals surface area contributed by atoms with Gasteiger partial charge in [0.2, 0.25) is 0 Å². The van der Waals surface area contributed by atoms with E-state index in [-0.39, 0.29) is 5.97 Å². The molecule has 0 bridgehead atoms. The molecule has 4 heteroatoms. The van der Waals surface area contributed by atoms with E-state index in [0.717, 1.165) is 22.5 Å². The number of benzene rings is 1. The van der Waals surface area contributed by atoms with Gasteiger partial charge in [0.15, 0.2) is 0 Å². The number of carbonyl (C=O) groups is 1. The van der Waals surface area contributed by atoms with Crippen molar-refractivity contribution in [1.29, 1.82) is 0 Å². The van der Waals surface area contributed by atoms with E-state index >= 15 is 0 Å². The summed E-state index contributed by atoms with van der Waals surface area (Å²) in [5.74, 6) is -0.300. The van der Waals surface area contributed by atoms with Crippen molar-refractivity contribution in [3.05, 3.63) is 41.2 Å². The minimum Gasteiger partial charge on any atom is -0.465 e. The first-order valence-electron chi connectivity index (χ1n) is 6.00. The van der Waals surface area contributed by atoms with E-state index in [1.165, 1.54) is 12.0 Å². The molecule has 0 unspecified atom stereocenters. The molecule has 0 saturated carbocycles. The Hall–Kier alpha value is -1.68. The number of nitrogens with one attached hydrogen (secondary N) is 1. The van der Waals surface area contributed by atoms with Crippen molar-refractivity contribution in [2.24, 2.45) is 0 Å². The number of H-pyrrole nitrogens is 1. The lowest BCUT2D eigenvalue weighted by Gasteiger charge is -2.06. The molecular weight excluding hydrogens is 258 g/mol. The highest BCUT2D eigenvalue weighted by molar-refractivity contribution is 7.98. The number of aryl methyl sites for hydroxylation is 2. The van der Waals surface area contributed by atoms with Crippen LogP contribution in [0.2, 0.25) is 0 Å². The molecule has 0 radical (unpaired) electrons. The van der Waals surface area contributed by atoms with Gasteiger partial charge >= 0.3 is 5.97 Å². The lowest BCUT2D eigenvalue weighted by molar-refractivity contribution is 0.0601. The summed E-state index contributed by atoms with van der Waals surface area (Å²) in [5, 5.41) is 0. The number of ether oxygens (including phenoxy) is 1. The summed E-state index contributed by atoms with van der Waals surface area (Å²) in [4.78, 5) is 16.3. The Morgan fingerprint density at radius 1 is 1.16 bits per heavy atom. The summed E-state index contributed by atoms with van der Waals surface area (Å²) in [7, 11) is 1.41. The van der Waals surface area contributed by atoms with Gasteiger partial charge in [0.1, 0.15) is 0 Å². The molecule has 1 aromatic carbocycles. The van der Waals surface area contributed by atoms with Crippen LogP contribution in [-0.2, 0) is 4.74 Å². The Bertz CT molecular complexity index is 599. The quantitative estimate of drug-likeness (QED) is 0.684. The molecule has 0 atom stereocenters. The lowest BCUT2D eigenvalue weighted by atomic mass is 10.0. The molecule has 1 aromatic heterocycles. The lowest BCUT2D eigenvalue weighted by Crippen LogP contribution is -2.03. The summed E-state index contributed by atoms with van der Waals surface area (Å²) < 4.78 is 4.87. The smallest absolute Gasteiger partial charge is 0.340 e. The minimum absolute atomic E-state index is 0.300. The number of aromatic amines is 1. The highest BCUT2D eigenvalue weighted by Gasteiger charge is 2.20. The number of esters is 1. The molecule has 2 rings (SSSR count). The molecule has 100 valence electrons. The van der Waals surface area contributed by atoms with Gasteiger partial charge in [-0.3, -0.25) is 0 Å². The average molecular weight is 275 g/mol. The summed E-state index contributed by atoms with van der Waals surface area (Å²) >= 11 is 1.70. The van der Waals surface area contributed by atoms with Gasteiger partial charge in [0.25, 0.3) is 0 Å². The van der Waals surface area contributed by atoms with Gasteiger partial charge in [-0.2, -0.15) is 0 Å². The standard InChI is InChI=1S/C15H17NO2S/c1-9-13(11-5-7-12(19-4)8-6-11)14(10(2)16-9)15(17)18-3/h5-8,16H,1-4H3. The van der Waals surface area contributed by atoms with Gasteiger partial charge in [-0.1, -0.05) is 12.1 Å². The van der Waals surface area contributed by atoms with Crippen LogP contribution < -0.4 is 0 Å². The maximum absolute atomic E-state index is 11.9. The molecule has 0 aliphatic rings. The normalized spacial score (nSPS) is 10.5. The van der Waals surface area contributed by atoms with E-state index < -0.39 is 0 Å². The Kier molecular flexibility index (Phi) is 4.00. The largest absolute Gasteiger partial charge is 0.465 e. The first-order chi connectivity index (χ1) is 9.08. The second-order valence-corrected chi connectivity index (χ2v) is 5.22. The number of hydrogen-bond donors (Lipinski definition) is 1. The fraction of sp³-hybridized carbons (Fsp3) is 0.267. The Balaban J connectivity index is 2.57. The number of carbonyl (C=O) groups excluding carboxylic acids is 1. The van der Waals surface area contributed by atoms with Crippen molar-refractivity contribution < 1.29 is 9.53 Å². The summed E-state index contributed by atoms with van der Waals surface area (Å²) in [6, 6.07) is 8.19. The summed E-state index contributed by atoms with van der Waals surface area (Å²) in [5.41, 5.74) is 4.40. The maximum Gasteiger partial charge on any atom is 0.340 e. The molecular formula is C15H17NO2S. The van der Waals surface area contributed by atoms with Crippen LogP contribution in [-0.4, -0.2) is 24.3 Å². The topological polar surface area (TPSA) is 42.1 Å². The molecule has 0 saturated heterocycles. The van der Waals surface area contributed by atoms with Crippen LogP contribution >= 0.6 is 11.8 Å². The zero-order chi connectivity index (χ0) is 14.0. The zero-order valence-corrected chi connectivity index (χ0v) is 12.4. The molecule has 1 heterocycles. The fourth-order valence-electron chi connectivity index (χ4n) is 2.26. The van der Waals surface area contributed by atoms with Crippen molar-refractivity contribution in [2.75, 3.05) is 13.4 Å². The number of rotatable bonds is 3. The fourth-order valence-corrected chi connectivity index (χ4v) is 2.67. The average Bonchev–Trinajstić information content (AvgIpc) is 2.72. The molecule has 19 heavy (non-hydrogen) atoms. The minimum atomic E-state index is -0.300. The molecule has 3 nitrogen and oxygen atoms in total. The van der Waals surface area contributed by atoms with E-state index in [9.17, 15) is 4.79 Å². The second kappa shape index (κ2) is 5.53. The van der Waals surface area contributed by atoms with Crippen molar-refractivity contribution in [2.45, 2.75) is 18.7 Å². The van der Waals surface area contributed by atoms with Gasteiger partial charge in [-0.25, -0.2) is 4.79 Å². The van der Waals surface area contributed by atoms with Gasteiger partial charge < -0.3 is 9.72 Å². The molecule has 0 fully saturated rings. The number of thioether (sulfide) groups is 1. The number of hydrogen-bond acceptors (Lipinski definition) is 3. The highest BCUT2D eigenvalue weighted by Crippen LogP contribution is 2.31. The predicted molar refractivity (Wildman–Crippen MR) is 78.8 cm³/mol. The van der Waals surface area contributed by atoms with Crippen molar-refractivity contribution in [3.63, 3.8) is 0 Å². The second-order valence-electron chi connectivity index (χ2n) is 4.35. The molecule has 0 aliphatic heterocycles. The highest BCUT2D eigenvalue weighted by atomic mass is 32.2. The Morgan fingerprint density at radius 2 is 1.79 bits per heavy atom. The molecule has 1 N–H and O–H groups in total. The maximum atomic E-state index is 11.9. The number of aromatic nitrogens is 1.